The molecule has 0 aliphatic heterocycles. The minimum Gasteiger partial charge on any atom is -0.480 e. The van der Waals surface area contributed by atoms with E-state index in [1.807, 2.05) is 0 Å². The third kappa shape index (κ3) is 15.9. The fourth-order valence-electron chi connectivity index (χ4n) is 6.58. The molecule has 0 aromatic heterocycles. The lowest BCUT2D eigenvalue weighted by Gasteiger charge is -2.20. The zero-order valence-electron chi connectivity index (χ0n) is 35.3. The fourth-order valence-corrected chi connectivity index (χ4v) is 6.58. The van der Waals surface area contributed by atoms with Crippen molar-refractivity contribution >= 4 is 40.7 Å². The molecule has 1 aliphatic rings. The Morgan fingerprint density at radius 3 is 1.67 bits per heavy atom. The van der Waals surface area contributed by atoms with Crippen LogP contribution in [0.1, 0.15) is 98.5 Å². The quantitative estimate of drug-likeness (QED) is 0.00789. The molecule has 2 atom stereocenters. The van der Waals surface area contributed by atoms with Gasteiger partial charge < -0.3 is 31.6 Å². The molecule has 15 nitrogen and oxygen atoms in total. The molecule has 0 saturated heterocycles. The maximum atomic E-state index is 14.2. The third-order valence-corrected chi connectivity index (χ3v) is 10.1. The van der Waals surface area contributed by atoms with Crippen molar-refractivity contribution in [2.75, 3.05) is 13.2 Å². The number of hydrogen-bond donors (Lipinski definition) is 6. The normalized spacial score (nSPS) is 13.1. The number of hydrogen-bond acceptors (Lipinski definition) is 9. The molecule has 2 amide bonds. The molecule has 0 bridgehead atoms. The van der Waals surface area contributed by atoms with Crippen LogP contribution in [0.4, 0.5) is 32.0 Å². The summed E-state index contributed by atoms with van der Waals surface area (Å²) in [4.78, 5) is 53.2. The number of benzene rings is 3. The molecule has 0 spiro atoms. The van der Waals surface area contributed by atoms with Crippen LogP contribution in [0.5, 0.6) is 11.5 Å². The Bertz CT molecular complexity index is 2180. The van der Waals surface area contributed by atoms with Gasteiger partial charge in [-0.3, -0.25) is 30.0 Å². The molecule has 4 rings (SSSR count). The standard InChI is InChI=1S/C22H23F3N6O3.C21H28F3N3O3/c1-12-9-15(23)20(25)21(19(12)24)34-11-17(32)16(7-2-3-8-18(26)27)29-22(33)13-5-4-6-14(10-13)30-31-28;1-12-10-14(22)19(24)20(18(12)23)30-11-16(28)15(8-4-5-9-17(25)26)27-21(29)13-6-2-3-7-13/h4-6,9-10,16H,2-3,7-8,11H2,1H3,(H3,26,27)(H,29,33);10,13,15H,2-9,11H2,1H3,(H3,25,26)(H,27,29). The molecule has 3 aromatic carbocycles. The first kappa shape index (κ1) is 51.7. The molecule has 8 N–H and O–H groups in total. The van der Waals surface area contributed by atoms with Crippen molar-refractivity contribution in [3.63, 3.8) is 0 Å². The average molecular weight is 904 g/mol. The van der Waals surface area contributed by atoms with Crippen molar-refractivity contribution in [2.45, 2.75) is 103 Å². The van der Waals surface area contributed by atoms with E-state index in [1.165, 1.54) is 38.1 Å². The molecule has 64 heavy (non-hydrogen) atoms. The first-order chi connectivity index (χ1) is 30.3. The second-order valence-electron chi connectivity index (χ2n) is 15.1. The van der Waals surface area contributed by atoms with Gasteiger partial charge in [-0.05, 0) is 93.3 Å². The summed E-state index contributed by atoms with van der Waals surface area (Å²) in [5.41, 5.74) is 19.2. The number of unbranched alkanes of at least 4 members (excludes halogenated alkanes) is 2. The number of nitrogens with one attached hydrogen (secondary N) is 4. The number of ketones is 2. The molecule has 0 radical (unpaired) electrons. The van der Waals surface area contributed by atoms with Gasteiger partial charge in [-0.2, -0.15) is 8.78 Å². The van der Waals surface area contributed by atoms with Crippen LogP contribution >= 0.6 is 0 Å². The topological polar surface area (TPSA) is 259 Å². The molecule has 346 valence electrons. The summed E-state index contributed by atoms with van der Waals surface area (Å²) in [5, 5.41) is 23.2. The van der Waals surface area contributed by atoms with E-state index in [0.717, 1.165) is 25.7 Å². The summed E-state index contributed by atoms with van der Waals surface area (Å²) in [6, 6.07) is 5.11. The molecule has 21 heteroatoms. The van der Waals surface area contributed by atoms with Gasteiger partial charge in [0.1, 0.15) is 13.2 Å². The lowest BCUT2D eigenvalue weighted by molar-refractivity contribution is -0.131. The second kappa shape index (κ2) is 25.5. The lowest BCUT2D eigenvalue weighted by atomic mass is 10.0. The molecule has 3 aromatic rings. The van der Waals surface area contributed by atoms with E-state index in [4.69, 9.17) is 37.3 Å². The number of carbonyl (C=O) groups excluding carboxylic acids is 4. The van der Waals surface area contributed by atoms with Crippen LogP contribution in [-0.4, -0.2) is 60.3 Å². The van der Waals surface area contributed by atoms with Crippen LogP contribution in [0.2, 0.25) is 0 Å². The van der Waals surface area contributed by atoms with Gasteiger partial charge in [-0.25, -0.2) is 17.6 Å². The first-order valence-corrected chi connectivity index (χ1v) is 20.4. The monoisotopic (exact) mass is 903 g/mol. The maximum absolute atomic E-state index is 14.2. The van der Waals surface area contributed by atoms with E-state index in [9.17, 15) is 45.5 Å². The number of nitrogens with zero attached hydrogens (tertiary/aromatic N) is 3. The van der Waals surface area contributed by atoms with Gasteiger partial charge in [0.25, 0.3) is 5.91 Å². The number of carbonyl (C=O) groups is 4. The van der Waals surface area contributed by atoms with Crippen LogP contribution in [0.15, 0.2) is 41.5 Å². The van der Waals surface area contributed by atoms with Gasteiger partial charge in [0.2, 0.25) is 17.5 Å². The van der Waals surface area contributed by atoms with E-state index in [-0.39, 0.29) is 58.7 Å². The van der Waals surface area contributed by atoms with Gasteiger partial charge in [-0.15, -0.1) is 0 Å². The van der Waals surface area contributed by atoms with E-state index in [1.54, 1.807) is 0 Å². The average Bonchev–Trinajstić information content (AvgIpc) is 3.80. The van der Waals surface area contributed by atoms with E-state index in [0.29, 0.717) is 50.7 Å². The highest BCUT2D eigenvalue weighted by molar-refractivity contribution is 5.98. The van der Waals surface area contributed by atoms with Crippen molar-refractivity contribution in [1.82, 2.24) is 10.6 Å². The molecule has 0 heterocycles. The number of Topliss-reactive ketones (excluding diaryl/α,β-unsaturated/α-hetero) is 2. The maximum Gasteiger partial charge on any atom is 0.251 e. The van der Waals surface area contributed by atoms with E-state index >= 15 is 0 Å². The smallest absolute Gasteiger partial charge is 0.251 e. The Balaban J connectivity index is 0.000000343. The largest absolute Gasteiger partial charge is 0.480 e. The van der Waals surface area contributed by atoms with Crippen molar-refractivity contribution in [3.05, 3.63) is 98.4 Å². The predicted octanol–water partition coefficient (Wildman–Crippen LogP) is 8.13. The summed E-state index contributed by atoms with van der Waals surface area (Å²) in [6.45, 7) is 0.938. The highest BCUT2D eigenvalue weighted by Crippen LogP contribution is 2.29. The number of amides is 2. The molecule has 1 aliphatic carbocycles. The summed E-state index contributed by atoms with van der Waals surface area (Å²) >= 11 is 0. The van der Waals surface area contributed by atoms with Gasteiger partial charge >= 0.3 is 0 Å². The van der Waals surface area contributed by atoms with Gasteiger partial charge in [0.05, 0.1) is 23.8 Å². The van der Waals surface area contributed by atoms with Crippen molar-refractivity contribution in [3.8, 4) is 11.5 Å². The highest BCUT2D eigenvalue weighted by atomic mass is 19.2. The molecule has 2 unspecified atom stereocenters. The number of rotatable bonds is 23. The molecular weight excluding hydrogens is 853 g/mol. The first-order valence-electron chi connectivity index (χ1n) is 20.4. The summed E-state index contributed by atoms with van der Waals surface area (Å²) in [6.07, 6.45) is 6.43. The summed E-state index contributed by atoms with van der Waals surface area (Å²) in [5.74, 6) is -12.1. The Morgan fingerprint density at radius 2 is 1.22 bits per heavy atom. The van der Waals surface area contributed by atoms with Crippen molar-refractivity contribution in [2.24, 2.45) is 22.5 Å². The second-order valence-corrected chi connectivity index (χ2v) is 15.1. The van der Waals surface area contributed by atoms with Crippen LogP contribution < -0.4 is 31.6 Å². The van der Waals surface area contributed by atoms with E-state index < -0.39 is 89.2 Å². The molecule has 1 saturated carbocycles. The van der Waals surface area contributed by atoms with Crippen molar-refractivity contribution < 1.29 is 55.0 Å². The zero-order chi connectivity index (χ0) is 47.5. The lowest BCUT2D eigenvalue weighted by Crippen LogP contribution is -2.45. The Labute approximate surface area is 365 Å². The Hall–Kier alpha value is -6.63. The zero-order valence-corrected chi connectivity index (χ0v) is 35.3. The fraction of sp³-hybridized carbons (Fsp3) is 0.442. The van der Waals surface area contributed by atoms with Crippen LogP contribution in [0, 0.1) is 65.5 Å². The predicted molar refractivity (Wildman–Crippen MR) is 224 cm³/mol. The van der Waals surface area contributed by atoms with Crippen LogP contribution in [0.3, 0.4) is 0 Å². The molecule has 1 fully saturated rings. The minimum atomic E-state index is -1.56. The van der Waals surface area contributed by atoms with Gasteiger partial charge in [-0.1, -0.05) is 42.9 Å². The summed E-state index contributed by atoms with van der Waals surface area (Å²) in [7, 11) is 0. The number of amidine groups is 2. The summed E-state index contributed by atoms with van der Waals surface area (Å²) < 4.78 is 93.2. The van der Waals surface area contributed by atoms with Crippen LogP contribution in [-0.2, 0) is 14.4 Å². The van der Waals surface area contributed by atoms with E-state index in [2.05, 4.69) is 20.7 Å². The minimum absolute atomic E-state index is 0.0301. The number of aryl methyl sites for hydroxylation is 2. The van der Waals surface area contributed by atoms with Gasteiger partial charge in [0.15, 0.2) is 46.3 Å². The highest BCUT2D eigenvalue weighted by Gasteiger charge is 2.29. The SMILES string of the molecule is Cc1cc(F)c(F)c(OCC(=O)C(CCCCC(=N)N)NC(=O)C2CCCC2)c1F.Cc1cc(F)c(F)c(OCC(=O)C(CCCCC(=N)N)NC(=O)c2cccc(N=[N+]=[N-])c2)c1F. The number of nitrogens with two attached hydrogens (primary N) is 2. The molecular formula is C43H51F6N9O6. The third-order valence-electron chi connectivity index (χ3n) is 10.1. The van der Waals surface area contributed by atoms with Gasteiger partial charge in [0, 0.05) is 34.9 Å². The number of halogens is 6. The number of azide groups is 1. The van der Waals surface area contributed by atoms with Crippen molar-refractivity contribution in [1.29, 1.82) is 10.8 Å². The number of ether oxygens (including phenoxy) is 2. The Kier molecular flexibility index (Phi) is 20.6. The van der Waals surface area contributed by atoms with Crippen LogP contribution in [0.25, 0.3) is 10.4 Å². The Morgan fingerprint density at radius 1 is 0.750 bits per heavy atom.